The molecular weight excluding hydrogens is 348 g/mol. The fourth-order valence-electron chi connectivity index (χ4n) is 3.15. The molecule has 26 heavy (non-hydrogen) atoms. The van der Waals surface area contributed by atoms with Crippen LogP contribution < -0.4 is 5.32 Å². The molecular formula is C20H17ClN4O. The van der Waals surface area contributed by atoms with Gasteiger partial charge in [-0.2, -0.15) is 5.10 Å². The molecule has 0 radical (unpaired) electrons. The van der Waals surface area contributed by atoms with E-state index in [1.54, 1.807) is 16.8 Å². The number of hydrogen-bond donors (Lipinski definition) is 1. The zero-order chi connectivity index (χ0) is 18.3. The second kappa shape index (κ2) is 6.42. The third-order valence-corrected chi connectivity index (χ3v) is 4.54. The number of aliphatic imine (C=N–C) groups is 1. The molecule has 0 saturated carbocycles. The molecule has 2 aromatic carbocycles. The van der Waals surface area contributed by atoms with Gasteiger partial charge in [0.2, 0.25) is 6.17 Å². The Morgan fingerprint density at radius 2 is 1.85 bits per heavy atom. The average Bonchev–Trinajstić information content (AvgIpc) is 2.88. The van der Waals surface area contributed by atoms with Crippen LogP contribution in [0.15, 0.2) is 59.6 Å². The summed E-state index contributed by atoms with van der Waals surface area (Å²) in [5.74, 6) is -0.231. The van der Waals surface area contributed by atoms with Crippen LogP contribution in [0.5, 0.6) is 0 Å². The number of rotatable bonds is 2. The highest BCUT2D eigenvalue weighted by Gasteiger charge is 2.28. The van der Waals surface area contributed by atoms with E-state index in [0.717, 1.165) is 22.5 Å². The first-order valence-corrected chi connectivity index (χ1v) is 8.67. The number of carbonyl (C=O) groups is 1. The smallest absolute Gasteiger partial charge is 0.271 e. The molecule has 1 aliphatic heterocycles. The number of fused-ring (bicyclic) bond motifs is 1. The van der Waals surface area contributed by atoms with Gasteiger partial charge in [0.25, 0.3) is 5.91 Å². The number of amides is 1. The predicted octanol–water partition coefficient (Wildman–Crippen LogP) is 4.14. The highest BCUT2D eigenvalue weighted by Crippen LogP contribution is 2.30. The van der Waals surface area contributed by atoms with E-state index in [9.17, 15) is 4.79 Å². The Hall–Kier alpha value is -2.92. The first kappa shape index (κ1) is 16.5. The molecule has 0 aliphatic carbocycles. The van der Waals surface area contributed by atoms with Crippen molar-refractivity contribution >= 4 is 28.9 Å². The van der Waals surface area contributed by atoms with E-state index in [1.807, 2.05) is 56.3 Å². The van der Waals surface area contributed by atoms with E-state index >= 15 is 0 Å². The monoisotopic (exact) mass is 364 g/mol. The quantitative estimate of drug-likeness (QED) is 0.742. The van der Waals surface area contributed by atoms with E-state index in [1.165, 1.54) is 0 Å². The number of halogens is 1. The maximum absolute atomic E-state index is 12.9. The average molecular weight is 365 g/mol. The molecule has 1 aromatic heterocycles. The minimum absolute atomic E-state index is 0.231. The van der Waals surface area contributed by atoms with Crippen molar-refractivity contribution in [1.82, 2.24) is 9.78 Å². The summed E-state index contributed by atoms with van der Waals surface area (Å²) in [6.45, 7) is 3.81. The Labute approximate surface area is 156 Å². The Morgan fingerprint density at radius 3 is 2.54 bits per heavy atom. The topological polar surface area (TPSA) is 59.3 Å². The number of aromatic nitrogens is 2. The maximum atomic E-state index is 12.9. The number of carbonyl (C=O) groups excluding carboxylic acids is 1. The Bertz CT molecular complexity index is 1020. The van der Waals surface area contributed by atoms with Gasteiger partial charge in [-0.05, 0) is 38.1 Å². The summed E-state index contributed by atoms with van der Waals surface area (Å²) in [6.07, 6.45) is -0.787. The van der Waals surface area contributed by atoms with Gasteiger partial charge in [-0.1, -0.05) is 41.9 Å². The third-order valence-electron chi connectivity index (χ3n) is 4.30. The number of hydrogen-bond acceptors (Lipinski definition) is 3. The van der Waals surface area contributed by atoms with Crippen LogP contribution >= 0.6 is 11.6 Å². The first-order valence-electron chi connectivity index (χ1n) is 8.30. The highest BCUT2D eigenvalue weighted by atomic mass is 35.5. The van der Waals surface area contributed by atoms with Crippen molar-refractivity contribution in [3.05, 3.63) is 82.1 Å². The summed E-state index contributed by atoms with van der Waals surface area (Å²) in [7, 11) is 0. The number of aryl methyl sites for hydroxylation is 2. The molecule has 2 heterocycles. The number of anilines is 1. The lowest BCUT2D eigenvalue weighted by Crippen LogP contribution is -2.25. The van der Waals surface area contributed by atoms with Crippen LogP contribution in [0.3, 0.4) is 0 Å². The lowest BCUT2D eigenvalue weighted by Gasteiger charge is -2.13. The van der Waals surface area contributed by atoms with E-state index in [4.69, 9.17) is 16.6 Å². The van der Waals surface area contributed by atoms with Crippen LogP contribution in [0.25, 0.3) is 0 Å². The second-order valence-electron chi connectivity index (χ2n) is 6.27. The summed E-state index contributed by atoms with van der Waals surface area (Å²) in [5.41, 5.74) is 4.82. The molecule has 1 atom stereocenters. The second-order valence-corrected chi connectivity index (χ2v) is 6.70. The molecule has 1 N–H and O–H groups in total. The molecule has 5 nitrogen and oxygen atoms in total. The first-order chi connectivity index (χ1) is 12.5. The van der Waals surface area contributed by atoms with Crippen LogP contribution in [0, 0.1) is 13.8 Å². The number of nitrogens with one attached hydrogen (secondary N) is 1. The maximum Gasteiger partial charge on any atom is 0.271 e. The molecule has 0 saturated heterocycles. The predicted molar refractivity (Wildman–Crippen MR) is 103 cm³/mol. The zero-order valence-corrected chi connectivity index (χ0v) is 15.2. The molecule has 3 aromatic rings. The summed E-state index contributed by atoms with van der Waals surface area (Å²) < 4.78 is 1.65. The van der Waals surface area contributed by atoms with Crippen molar-refractivity contribution in [2.45, 2.75) is 20.0 Å². The van der Waals surface area contributed by atoms with Gasteiger partial charge in [0.05, 0.1) is 17.1 Å². The lowest BCUT2D eigenvalue weighted by molar-refractivity contribution is -0.119. The van der Waals surface area contributed by atoms with Gasteiger partial charge in [-0.15, -0.1) is 0 Å². The van der Waals surface area contributed by atoms with E-state index in [-0.39, 0.29) is 5.91 Å². The minimum Gasteiger partial charge on any atom is -0.322 e. The largest absolute Gasteiger partial charge is 0.322 e. The van der Waals surface area contributed by atoms with Crippen molar-refractivity contribution in [2.75, 3.05) is 5.32 Å². The molecule has 0 bridgehead atoms. The zero-order valence-electron chi connectivity index (χ0n) is 14.4. The summed E-state index contributed by atoms with van der Waals surface area (Å²) in [5, 5.41) is 8.01. The van der Waals surface area contributed by atoms with Crippen LogP contribution in [0.1, 0.15) is 28.7 Å². The standard InChI is InChI=1S/C20H17ClN4O/c1-12-10-13(2)25(24-12)19-20(26)22-17-9-8-15(21)11-16(17)18(23-19)14-6-4-3-5-7-14/h3-11,19H,1-2H3,(H,22,26). The molecule has 6 heteroatoms. The molecule has 1 amide bonds. The molecule has 0 spiro atoms. The molecule has 1 unspecified atom stereocenters. The molecule has 1 aliphatic rings. The van der Waals surface area contributed by atoms with Gasteiger partial charge < -0.3 is 5.32 Å². The third kappa shape index (κ3) is 2.91. The summed E-state index contributed by atoms with van der Waals surface area (Å²) >= 11 is 6.22. The van der Waals surface area contributed by atoms with Gasteiger partial charge in [-0.3, -0.25) is 4.79 Å². The highest BCUT2D eigenvalue weighted by molar-refractivity contribution is 6.32. The van der Waals surface area contributed by atoms with Crippen molar-refractivity contribution in [2.24, 2.45) is 4.99 Å². The minimum atomic E-state index is -0.787. The summed E-state index contributed by atoms with van der Waals surface area (Å²) in [4.78, 5) is 17.7. The van der Waals surface area contributed by atoms with Gasteiger partial charge >= 0.3 is 0 Å². The normalized spacial score (nSPS) is 16.5. The lowest BCUT2D eigenvalue weighted by atomic mass is 10.0. The van der Waals surface area contributed by atoms with E-state index < -0.39 is 6.17 Å². The number of benzene rings is 2. The van der Waals surface area contributed by atoms with Gasteiger partial charge in [0, 0.05) is 21.8 Å². The summed E-state index contributed by atoms with van der Waals surface area (Å²) in [6, 6.07) is 17.1. The Balaban J connectivity index is 1.95. The van der Waals surface area contributed by atoms with Crippen LogP contribution in [0.2, 0.25) is 5.02 Å². The van der Waals surface area contributed by atoms with Crippen LogP contribution in [-0.4, -0.2) is 21.4 Å². The number of nitrogens with zero attached hydrogens (tertiary/aromatic N) is 3. The van der Waals surface area contributed by atoms with Gasteiger partial charge in [0.1, 0.15) is 0 Å². The van der Waals surface area contributed by atoms with Gasteiger partial charge in [-0.25, -0.2) is 9.67 Å². The fourth-order valence-corrected chi connectivity index (χ4v) is 3.33. The molecule has 0 fully saturated rings. The molecule has 130 valence electrons. The van der Waals surface area contributed by atoms with Crippen molar-refractivity contribution in [1.29, 1.82) is 0 Å². The van der Waals surface area contributed by atoms with E-state index in [2.05, 4.69) is 10.4 Å². The Morgan fingerprint density at radius 1 is 1.08 bits per heavy atom. The van der Waals surface area contributed by atoms with Crippen molar-refractivity contribution in [3.63, 3.8) is 0 Å². The van der Waals surface area contributed by atoms with Crippen molar-refractivity contribution in [3.8, 4) is 0 Å². The van der Waals surface area contributed by atoms with Gasteiger partial charge in [0.15, 0.2) is 0 Å². The van der Waals surface area contributed by atoms with Crippen LogP contribution in [-0.2, 0) is 4.79 Å². The Kier molecular flexibility index (Phi) is 4.09. The fraction of sp³-hybridized carbons (Fsp3) is 0.150. The molecule has 4 rings (SSSR count). The van der Waals surface area contributed by atoms with Crippen molar-refractivity contribution < 1.29 is 4.79 Å². The number of benzodiazepines with no additional fused rings is 1. The van der Waals surface area contributed by atoms with E-state index in [0.29, 0.717) is 16.4 Å². The SMILES string of the molecule is Cc1cc(C)n(C2N=C(c3ccccc3)c3cc(Cl)ccc3NC2=O)n1. The van der Waals surface area contributed by atoms with Crippen LogP contribution in [0.4, 0.5) is 5.69 Å².